The quantitative estimate of drug-likeness (QED) is 0.881. The molecule has 0 heterocycles. The molecular weight excluding hydrogens is 246 g/mol. The lowest BCUT2D eigenvalue weighted by Crippen LogP contribution is -2.36. The summed E-state index contributed by atoms with van der Waals surface area (Å²) in [5.41, 5.74) is 1.27. The summed E-state index contributed by atoms with van der Waals surface area (Å²) >= 11 is 0. The Hall–Kier alpha value is -1.54. The van der Waals surface area contributed by atoms with Crippen LogP contribution in [0.25, 0.3) is 10.8 Å². The Morgan fingerprint density at radius 1 is 1.20 bits per heavy atom. The maximum absolute atomic E-state index is 5.55. The van der Waals surface area contributed by atoms with Gasteiger partial charge in [0, 0.05) is 18.2 Å². The van der Waals surface area contributed by atoms with Crippen LogP contribution in [0.5, 0.6) is 5.75 Å². The first kappa shape index (κ1) is 13.4. The van der Waals surface area contributed by atoms with E-state index in [1.165, 1.54) is 35.6 Å². The van der Waals surface area contributed by atoms with Crippen LogP contribution in [0, 0.1) is 5.92 Å². The Balaban J connectivity index is 1.84. The van der Waals surface area contributed by atoms with E-state index in [2.05, 4.69) is 48.6 Å². The van der Waals surface area contributed by atoms with Gasteiger partial charge >= 0.3 is 0 Å². The van der Waals surface area contributed by atoms with Gasteiger partial charge in [-0.1, -0.05) is 36.8 Å². The third kappa shape index (κ3) is 2.53. The van der Waals surface area contributed by atoms with E-state index in [4.69, 9.17) is 4.74 Å². The van der Waals surface area contributed by atoms with Gasteiger partial charge in [-0.2, -0.15) is 0 Å². The van der Waals surface area contributed by atoms with Crippen molar-refractivity contribution >= 4 is 10.8 Å². The molecule has 3 rings (SSSR count). The molecule has 0 aromatic heterocycles. The highest BCUT2D eigenvalue weighted by atomic mass is 16.5. The fourth-order valence-corrected chi connectivity index (χ4v) is 3.06. The summed E-state index contributed by atoms with van der Waals surface area (Å²) in [6.45, 7) is 3.18. The number of hydrogen-bond acceptors (Lipinski definition) is 2. The van der Waals surface area contributed by atoms with Gasteiger partial charge < -0.3 is 10.1 Å². The van der Waals surface area contributed by atoms with E-state index in [-0.39, 0.29) is 0 Å². The van der Waals surface area contributed by atoms with Crippen molar-refractivity contribution in [2.75, 3.05) is 7.11 Å². The largest absolute Gasteiger partial charge is 0.496 e. The normalized spacial score (nSPS) is 16.9. The Bertz CT molecular complexity index is 589. The lowest BCUT2D eigenvalue weighted by Gasteiger charge is -2.32. The summed E-state index contributed by atoms with van der Waals surface area (Å²) in [6.07, 6.45) is 4.15. The van der Waals surface area contributed by atoms with Crippen molar-refractivity contribution < 1.29 is 4.74 Å². The van der Waals surface area contributed by atoms with Crippen molar-refractivity contribution in [2.45, 2.75) is 38.8 Å². The van der Waals surface area contributed by atoms with Crippen molar-refractivity contribution in [3.05, 3.63) is 42.0 Å². The van der Waals surface area contributed by atoms with Gasteiger partial charge in [0.05, 0.1) is 7.11 Å². The molecule has 1 aliphatic carbocycles. The van der Waals surface area contributed by atoms with E-state index >= 15 is 0 Å². The van der Waals surface area contributed by atoms with Crippen LogP contribution in [0.2, 0.25) is 0 Å². The molecular formula is C18H23NO. The summed E-state index contributed by atoms with van der Waals surface area (Å²) in [4.78, 5) is 0. The molecule has 0 aliphatic heterocycles. The van der Waals surface area contributed by atoms with E-state index in [0.717, 1.165) is 18.2 Å². The molecule has 2 aromatic carbocycles. The zero-order valence-corrected chi connectivity index (χ0v) is 12.4. The predicted molar refractivity (Wildman–Crippen MR) is 84.1 cm³/mol. The first-order valence-corrected chi connectivity index (χ1v) is 7.57. The predicted octanol–water partition coefficient (Wildman–Crippen LogP) is 4.13. The summed E-state index contributed by atoms with van der Waals surface area (Å²) in [5, 5.41) is 6.26. The molecule has 2 heteroatoms. The van der Waals surface area contributed by atoms with Crippen LogP contribution >= 0.6 is 0 Å². The highest BCUT2D eigenvalue weighted by Gasteiger charge is 2.23. The van der Waals surface area contributed by atoms with Crippen molar-refractivity contribution in [1.29, 1.82) is 0 Å². The minimum Gasteiger partial charge on any atom is -0.496 e. The monoisotopic (exact) mass is 269 g/mol. The molecule has 106 valence electrons. The molecule has 1 saturated carbocycles. The number of methoxy groups -OCH3 is 1. The highest BCUT2D eigenvalue weighted by Crippen LogP contribution is 2.31. The molecule has 1 atom stereocenters. The van der Waals surface area contributed by atoms with Crippen LogP contribution in [-0.2, 0) is 6.54 Å². The average Bonchev–Trinajstić information content (AvgIpc) is 2.42. The molecule has 1 fully saturated rings. The number of hydrogen-bond donors (Lipinski definition) is 1. The molecule has 20 heavy (non-hydrogen) atoms. The number of rotatable bonds is 5. The van der Waals surface area contributed by atoms with Gasteiger partial charge in [-0.15, -0.1) is 0 Å². The maximum atomic E-state index is 5.55. The standard InChI is InChI=1S/C18H23NO/c1-13(14-7-5-8-14)19-12-17-16-9-4-3-6-15(16)10-11-18(17)20-2/h3-4,6,9-11,13-14,19H,5,7-8,12H2,1-2H3. The Morgan fingerprint density at radius 3 is 2.70 bits per heavy atom. The fraction of sp³-hybridized carbons (Fsp3) is 0.444. The van der Waals surface area contributed by atoms with E-state index in [0.29, 0.717) is 6.04 Å². The molecule has 0 amide bonds. The van der Waals surface area contributed by atoms with Gasteiger partial charge in [-0.25, -0.2) is 0 Å². The second-order valence-corrected chi connectivity index (χ2v) is 5.83. The minimum atomic E-state index is 0.590. The molecule has 0 radical (unpaired) electrons. The summed E-state index contributed by atoms with van der Waals surface area (Å²) in [6, 6.07) is 13.3. The Kier molecular flexibility index (Phi) is 3.93. The van der Waals surface area contributed by atoms with E-state index in [9.17, 15) is 0 Å². The van der Waals surface area contributed by atoms with E-state index < -0.39 is 0 Å². The summed E-state index contributed by atoms with van der Waals surface area (Å²) in [5.74, 6) is 1.84. The van der Waals surface area contributed by atoms with Gasteiger partial charge in [0.15, 0.2) is 0 Å². The van der Waals surface area contributed by atoms with Gasteiger partial charge in [0.2, 0.25) is 0 Å². The minimum absolute atomic E-state index is 0.590. The molecule has 1 aliphatic rings. The topological polar surface area (TPSA) is 21.3 Å². The smallest absolute Gasteiger partial charge is 0.123 e. The Labute approximate surface area is 121 Å². The third-order valence-corrected chi connectivity index (χ3v) is 4.68. The first-order valence-electron chi connectivity index (χ1n) is 7.57. The zero-order valence-electron chi connectivity index (χ0n) is 12.4. The van der Waals surface area contributed by atoms with Crippen LogP contribution in [0.3, 0.4) is 0 Å². The van der Waals surface area contributed by atoms with Crippen molar-refractivity contribution in [3.8, 4) is 5.75 Å². The Morgan fingerprint density at radius 2 is 2.00 bits per heavy atom. The van der Waals surface area contributed by atoms with Crippen LogP contribution in [-0.4, -0.2) is 13.2 Å². The zero-order chi connectivity index (χ0) is 13.9. The lowest BCUT2D eigenvalue weighted by atomic mass is 9.80. The average molecular weight is 269 g/mol. The van der Waals surface area contributed by atoms with Crippen LogP contribution in [0.1, 0.15) is 31.7 Å². The van der Waals surface area contributed by atoms with Gasteiger partial charge in [-0.05, 0) is 42.5 Å². The molecule has 2 nitrogen and oxygen atoms in total. The number of benzene rings is 2. The van der Waals surface area contributed by atoms with E-state index in [1.54, 1.807) is 7.11 Å². The summed E-state index contributed by atoms with van der Waals surface area (Å²) in [7, 11) is 1.75. The second-order valence-electron chi connectivity index (χ2n) is 5.83. The summed E-state index contributed by atoms with van der Waals surface area (Å²) < 4.78 is 5.55. The SMILES string of the molecule is COc1ccc2ccccc2c1CNC(C)C1CCC1. The second kappa shape index (κ2) is 5.84. The molecule has 1 N–H and O–H groups in total. The van der Waals surface area contributed by atoms with Gasteiger partial charge in [0.1, 0.15) is 5.75 Å². The van der Waals surface area contributed by atoms with Crippen LogP contribution < -0.4 is 10.1 Å². The van der Waals surface area contributed by atoms with Crippen LogP contribution in [0.4, 0.5) is 0 Å². The van der Waals surface area contributed by atoms with Crippen molar-refractivity contribution in [2.24, 2.45) is 5.92 Å². The maximum Gasteiger partial charge on any atom is 0.123 e. The lowest BCUT2D eigenvalue weighted by molar-refractivity contribution is 0.239. The van der Waals surface area contributed by atoms with Crippen LogP contribution in [0.15, 0.2) is 36.4 Å². The molecule has 2 aromatic rings. The van der Waals surface area contributed by atoms with Crippen molar-refractivity contribution in [1.82, 2.24) is 5.32 Å². The molecule has 0 spiro atoms. The molecule has 0 bridgehead atoms. The van der Waals surface area contributed by atoms with Gasteiger partial charge in [-0.3, -0.25) is 0 Å². The fourth-order valence-electron chi connectivity index (χ4n) is 3.06. The third-order valence-electron chi connectivity index (χ3n) is 4.68. The number of ether oxygens (including phenoxy) is 1. The number of fused-ring (bicyclic) bond motifs is 1. The molecule has 1 unspecified atom stereocenters. The first-order chi connectivity index (χ1) is 9.79. The number of nitrogens with one attached hydrogen (secondary N) is 1. The van der Waals surface area contributed by atoms with Crippen molar-refractivity contribution in [3.63, 3.8) is 0 Å². The highest BCUT2D eigenvalue weighted by molar-refractivity contribution is 5.87. The van der Waals surface area contributed by atoms with Gasteiger partial charge in [0.25, 0.3) is 0 Å². The molecule has 0 saturated heterocycles. The van der Waals surface area contributed by atoms with E-state index in [1.807, 2.05) is 0 Å².